The minimum Gasteiger partial charge on any atom is -0.368 e. The molecule has 1 aromatic carbocycles. The van der Waals surface area contributed by atoms with Crippen molar-refractivity contribution in [2.75, 3.05) is 11.1 Å². The van der Waals surface area contributed by atoms with Gasteiger partial charge in [0.15, 0.2) is 0 Å². The van der Waals surface area contributed by atoms with Crippen molar-refractivity contribution in [3.8, 4) is 5.95 Å². The van der Waals surface area contributed by atoms with Crippen LogP contribution < -0.4 is 11.1 Å². The van der Waals surface area contributed by atoms with Crippen LogP contribution in [-0.2, 0) is 0 Å². The van der Waals surface area contributed by atoms with Crippen molar-refractivity contribution >= 4 is 29.2 Å². The zero-order valence-electron chi connectivity index (χ0n) is 11.0. The smallest absolute Gasteiger partial charge is 0.258 e. The average Bonchev–Trinajstić information content (AvgIpc) is 2.97. The molecular weight excluding hydrogens is 292 g/mol. The number of nitrogen functional groups attached to an aromatic ring is 1. The summed E-state index contributed by atoms with van der Waals surface area (Å²) in [6, 6.07) is 5.52. The predicted octanol–water partition coefficient (Wildman–Crippen LogP) is 1.74. The molecular formula is C12H11ClN8. The molecule has 3 rings (SSSR count). The van der Waals surface area contributed by atoms with Crippen LogP contribution in [0.2, 0.25) is 5.02 Å². The van der Waals surface area contributed by atoms with Crippen LogP contribution in [0.15, 0.2) is 30.9 Å². The molecule has 0 amide bonds. The molecule has 8 nitrogen and oxygen atoms in total. The van der Waals surface area contributed by atoms with Crippen LogP contribution in [0.4, 0.5) is 17.6 Å². The molecule has 0 aliphatic carbocycles. The minimum atomic E-state index is 0.0812. The van der Waals surface area contributed by atoms with Crippen LogP contribution in [0.3, 0.4) is 0 Å². The Morgan fingerprint density at radius 2 is 2.10 bits per heavy atom. The number of benzene rings is 1. The Labute approximate surface area is 125 Å². The van der Waals surface area contributed by atoms with Crippen LogP contribution >= 0.6 is 11.6 Å². The molecule has 0 fully saturated rings. The van der Waals surface area contributed by atoms with E-state index in [1.165, 1.54) is 17.3 Å². The number of hydrogen-bond donors (Lipinski definition) is 2. The van der Waals surface area contributed by atoms with Gasteiger partial charge in [-0.1, -0.05) is 17.7 Å². The lowest BCUT2D eigenvalue weighted by molar-refractivity contribution is 0.800. The largest absolute Gasteiger partial charge is 0.368 e. The van der Waals surface area contributed by atoms with E-state index in [1.54, 1.807) is 0 Å². The van der Waals surface area contributed by atoms with Crippen LogP contribution in [0.1, 0.15) is 5.56 Å². The molecule has 0 unspecified atom stereocenters. The first-order valence-corrected chi connectivity index (χ1v) is 6.40. The Hall–Kier alpha value is -2.74. The van der Waals surface area contributed by atoms with E-state index in [2.05, 4.69) is 30.4 Å². The Kier molecular flexibility index (Phi) is 3.36. The number of aromatic nitrogens is 6. The molecule has 0 bridgehead atoms. The molecule has 0 radical (unpaired) electrons. The number of nitrogens with zero attached hydrogens (tertiary/aromatic N) is 6. The maximum absolute atomic E-state index is 6.08. The molecule has 0 aliphatic rings. The SMILES string of the molecule is Cc1c(Cl)cccc1Nc1nc(N)nc(-n2cncn2)n1. The Balaban J connectivity index is 1.98. The first-order chi connectivity index (χ1) is 10.1. The molecule has 106 valence electrons. The van der Waals surface area contributed by atoms with Gasteiger partial charge in [0.05, 0.1) is 0 Å². The van der Waals surface area contributed by atoms with Gasteiger partial charge in [0.1, 0.15) is 12.7 Å². The lowest BCUT2D eigenvalue weighted by Gasteiger charge is -2.10. The molecule has 0 spiro atoms. The number of hydrogen-bond acceptors (Lipinski definition) is 7. The van der Waals surface area contributed by atoms with Gasteiger partial charge >= 0.3 is 0 Å². The van der Waals surface area contributed by atoms with Crippen LogP contribution in [-0.4, -0.2) is 29.7 Å². The summed E-state index contributed by atoms with van der Waals surface area (Å²) in [4.78, 5) is 16.1. The summed E-state index contributed by atoms with van der Waals surface area (Å²) in [7, 11) is 0. The van der Waals surface area contributed by atoms with Gasteiger partial charge in [-0.3, -0.25) is 0 Å². The van der Waals surface area contributed by atoms with Gasteiger partial charge in [0.25, 0.3) is 5.95 Å². The zero-order valence-corrected chi connectivity index (χ0v) is 11.8. The standard InChI is InChI=1S/C12H11ClN8/c1-7-8(13)3-2-4-9(7)17-11-18-10(14)19-12(20-11)21-6-15-5-16-21/h2-6H,1H3,(H3,14,17,18,19,20). The predicted molar refractivity (Wildman–Crippen MR) is 78.6 cm³/mol. The molecule has 3 aromatic rings. The summed E-state index contributed by atoms with van der Waals surface area (Å²) in [5, 5.41) is 7.68. The third-order valence-electron chi connectivity index (χ3n) is 2.78. The number of nitrogens with one attached hydrogen (secondary N) is 1. The van der Waals surface area contributed by atoms with Crippen LogP contribution in [0, 0.1) is 6.92 Å². The number of nitrogens with two attached hydrogens (primary N) is 1. The maximum atomic E-state index is 6.08. The Morgan fingerprint density at radius 1 is 1.24 bits per heavy atom. The van der Waals surface area contributed by atoms with Gasteiger partial charge in [-0.05, 0) is 24.6 Å². The highest BCUT2D eigenvalue weighted by molar-refractivity contribution is 6.31. The summed E-state index contributed by atoms with van der Waals surface area (Å²) >= 11 is 6.08. The second-order valence-corrected chi connectivity index (χ2v) is 4.60. The van der Waals surface area contributed by atoms with Crippen molar-refractivity contribution in [1.82, 2.24) is 29.7 Å². The van der Waals surface area contributed by atoms with E-state index in [0.717, 1.165) is 11.3 Å². The summed E-state index contributed by atoms with van der Waals surface area (Å²) in [5.41, 5.74) is 7.38. The first kappa shape index (κ1) is 13.3. The van der Waals surface area contributed by atoms with E-state index < -0.39 is 0 Å². The van der Waals surface area contributed by atoms with Crippen molar-refractivity contribution in [2.24, 2.45) is 0 Å². The van der Waals surface area contributed by atoms with Gasteiger partial charge < -0.3 is 11.1 Å². The molecule has 9 heteroatoms. The normalized spacial score (nSPS) is 10.6. The van der Waals surface area contributed by atoms with Crippen LogP contribution in [0.5, 0.6) is 0 Å². The molecule has 0 saturated heterocycles. The third kappa shape index (κ3) is 2.75. The maximum Gasteiger partial charge on any atom is 0.258 e. The van der Waals surface area contributed by atoms with Crippen molar-refractivity contribution in [2.45, 2.75) is 6.92 Å². The molecule has 0 saturated carbocycles. The van der Waals surface area contributed by atoms with E-state index in [-0.39, 0.29) is 11.9 Å². The summed E-state index contributed by atoms with van der Waals surface area (Å²) in [6.45, 7) is 1.90. The van der Waals surface area contributed by atoms with Gasteiger partial charge in [-0.15, -0.1) is 0 Å². The molecule has 2 aromatic heterocycles. The fraction of sp³-hybridized carbons (Fsp3) is 0.0833. The Bertz CT molecular complexity index is 771. The monoisotopic (exact) mass is 302 g/mol. The highest BCUT2D eigenvalue weighted by Gasteiger charge is 2.09. The highest BCUT2D eigenvalue weighted by atomic mass is 35.5. The molecule has 3 N–H and O–H groups in total. The number of halogens is 1. The van der Waals surface area contributed by atoms with E-state index in [1.807, 2.05) is 25.1 Å². The van der Waals surface area contributed by atoms with E-state index >= 15 is 0 Å². The van der Waals surface area contributed by atoms with Crippen molar-refractivity contribution in [3.63, 3.8) is 0 Å². The van der Waals surface area contributed by atoms with Crippen molar-refractivity contribution in [3.05, 3.63) is 41.4 Å². The van der Waals surface area contributed by atoms with Gasteiger partial charge in [0, 0.05) is 10.7 Å². The average molecular weight is 303 g/mol. The van der Waals surface area contributed by atoms with Gasteiger partial charge in [-0.25, -0.2) is 4.98 Å². The highest BCUT2D eigenvalue weighted by Crippen LogP contribution is 2.25. The lowest BCUT2D eigenvalue weighted by atomic mass is 10.2. The second kappa shape index (κ2) is 5.33. The number of rotatable bonds is 3. The quantitative estimate of drug-likeness (QED) is 0.758. The summed E-state index contributed by atoms with van der Waals surface area (Å²) in [6.07, 6.45) is 2.86. The third-order valence-corrected chi connectivity index (χ3v) is 3.19. The molecule has 0 aliphatic heterocycles. The number of anilines is 3. The van der Waals surface area contributed by atoms with Crippen molar-refractivity contribution in [1.29, 1.82) is 0 Å². The second-order valence-electron chi connectivity index (χ2n) is 4.19. The topological polar surface area (TPSA) is 107 Å². The minimum absolute atomic E-state index is 0.0812. The van der Waals surface area contributed by atoms with Gasteiger partial charge in [-0.2, -0.15) is 24.7 Å². The Morgan fingerprint density at radius 3 is 2.86 bits per heavy atom. The molecule has 21 heavy (non-hydrogen) atoms. The van der Waals surface area contributed by atoms with E-state index in [4.69, 9.17) is 17.3 Å². The van der Waals surface area contributed by atoms with Crippen LogP contribution in [0.25, 0.3) is 5.95 Å². The zero-order chi connectivity index (χ0) is 14.8. The van der Waals surface area contributed by atoms with Gasteiger partial charge in [0.2, 0.25) is 11.9 Å². The summed E-state index contributed by atoms with van der Waals surface area (Å²) in [5.74, 6) is 0.665. The fourth-order valence-corrected chi connectivity index (χ4v) is 1.89. The summed E-state index contributed by atoms with van der Waals surface area (Å²) < 4.78 is 1.40. The molecule has 2 heterocycles. The first-order valence-electron chi connectivity index (χ1n) is 6.02. The molecule has 0 atom stereocenters. The fourth-order valence-electron chi connectivity index (χ4n) is 1.71. The lowest BCUT2D eigenvalue weighted by Crippen LogP contribution is -2.09. The van der Waals surface area contributed by atoms with E-state index in [0.29, 0.717) is 11.0 Å². The van der Waals surface area contributed by atoms with E-state index in [9.17, 15) is 0 Å². The van der Waals surface area contributed by atoms with Crippen molar-refractivity contribution < 1.29 is 0 Å².